The van der Waals surface area contributed by atoms with Crippen LogP contribution in [0.1, 0.15) is 57.2 Å². The fraction of sp³-hybridized carbons (Fsp3) is 0.531. The summed E-state index contributed by atoms with van der Waals surface area (Å²) in [6, 6.07) is 3.75. The molecule has 0 saturated carbocycles. The topological polar surface area (TPSA) is 305 Å². The second-order valence-corrected chi connectivity index (χ2v) is 12.1. The quantitative estimate of drug-likeness (QED) is 0.0362. The third-order valence-electron chi connectivity index (χ3n) is 7.69. The van der Waals surface area contributed by atoms with E-state index in [-0.39, 0.29) is 31.8 Å². The van der Waals surface area contributed by atoms with Gasteiger partial charge in [-0.3, -0.25) is 29.0 Å². The van der Waals surface area contributed by atoms with Crippen molar-refractivity contribution in [2.24, 2.45) is 39.6 Å². The van der Waals surface area contributed by atoms with Gasteiger partial charge in [-0.25, -0.2) is 4.98 Å². The number of aromatic nitrogens is 2. The van der Waals surface area contributed by atoms with Gasteiger partial charge in [0.05, 0.1) is 12.4 Å². The molecule has 0 radical (unpaired) electrons. The lowest BCUT2D eigenvalue weighted by molar-refractivity contribution is -0.135. The molecule has 0 unspecified atom stereocenters. The molecule has 17 nitrogen and oxygen atoms in total. The molecule has 2 rings (SSSR count). The number of hydrogen-bond acceptors (Lipinski definition) is 9. The van der Waals surface area contributed by atoms with Crippen LogP contribution in [0, 0.1) is 5.92 Å². The minimum absolute atomic E-state index is 0.00132. The highest BCUT2D eigenvalue weighted by molar-refractivity contribution is 5.96. The van der Waals surface area contributed by atoms with Crippen LogP contribution < -0.4 is 49.9 Å². The molecule has 1 heterocycles. The van der Waals surface area contributed by atoms with Gasteiger partial charge in [0.1, 0.15) is 24.2 Å². The number of H-pyrrole nitrogens is 1. The zero-order valence-corrected chi connectivity index (χ0v) is 28.2. The molecule has 49 heavy (non-hydrogen) atoms. The largest absolute Gasteiger partial charge is 0.370 e. The first-order chi connectivity index (χ1) is 23.3. The van der Waals surface area contributed by atoms with Gasteiger partial charge in [-0.2, -0.15) is 0 Å². The molecule has 0 fully saturated rings. The van der Waals surface area contributed by atoms with E-state index in [1.807, 2.05) is 6.07 Å². The minimum Gasteiger partial charge on any atom is -0.370 e. The van der Waals surface area contributed by atoms with E-state index in [2.05, 4.69) is 36.2 Å². The third-order valence-corrected chi connectivity index (χ3v) is 7.69. The lowest BCUT2D eigenvalue weighted by atomic mass is 10.0. The summed E-state index contributed by atoms with van der Waals surface area (Å²) in [7, 11) is 0. The minimum atomic E-state index is -1.18. The number of unbranched alkanes of at least 4 members (excludes halogenated alkanes) is 1. The van der Waals surface area contributed by atoms with Gasteiger partial charge in [0.15, 0.2) is 5.96 Å². The van der Waals surface area contributed by atoms with E-state index in [0.717, 1.165) is 5.56 Å². The Morgan fingerprint density at radius 3 is 2.04 bits per heavy atom. The lowest BCUT2D eigenvalue weighted by Gasteiger charge is -2.28. The summed E-state index contributed by atoms with van der Waals surface area (Å²) in [5, 5.41) is 10.8. The Morgan fingerprint density at radius 1 is 0.796 bits per heavy atom. The number of rotatable bonds is 22. The van der Waals surface area contributed by atoms with E-state index in [9.17, 15) is 24.0 Å². The summed E-state index contributed by atoms with van der Waals surface area (Å²) >= 11 is 0. The van der Waals surface area contributed by atoms with Crippen molar-refractivity contribution in [2.45, 2.75) is 89.0 Å². The summed E-state index contributed by atoms with van der Waals surface area (Å²) in [5.41, 5.74) is 29.3. The van der Waals surface area contributed by atoms with Crippen LogP contribution in [0.2, 0.25) is 0 Å². The molecule has 5 amide bonds. The zero-order chi connectivity index (χ0) is 36.3. The van der Waals surface area contributed by atoms with Crippen molar-refractivity contribution in [1.82, 2.24) is 31.2 Å². The van der Waals surface area contributed by atoms with Crippen molar-refractivity contribution >= 4 is 35.5 Å². The third kappa shape index (κ3) is 14.7. The second-order valence-electron chi connectivity index (χ2n) is 12.1. The van der Waals surface area contributed by atoms with Crippen molar-refractivity contribution < 1.29 is 24.0 Å². The van der Waals surface area contributed by atoms with Crippen LogP contribution in [0.5, 0.6) is 0 Å². The number of benzene rings is 1. The smallest absolute Gasteiger partial charge is 0.243 e. The molecular formula is C32H52N12O5. The fourth-order valence-electron chi connectivity index (χ4n) is 4.91. The van der Waals surface area contributed by atoms with Crippen molar-refractivity contribution in [2.75, 3.05) is 13.1 Å². The normalized spacial score (nSPS) is 14.1. The second kappa shape index (κ2) is 21.0. The van der Waals surface area contributed by atoms with Gasteiger partial charge in [-0.05, 0) is 43.7 Å². The van der Waals surface area contributed by atoms with Gasteiger partial charge in [0.2, 0.25) is 29.5 Å². The monoisotopic (exact) mass is 684 g/mol. The molecule has 1 aromatic carbocycles. The summed E-state index contributed by atoms with van der Waals surface area (Å²) in [4.78, 5) is 76.8. The van der Waals surface area contributed by atoms with Gasteiger partial charge in [-0.1, -0.05) is 50.6 Å². The van der Waals surface area contributed by atoms with Gasteiger partial charge in [0.25, 0.3) is 0 Å². The summed E-state index contributed by atoms with van der Waals surface area (Å²) < 4.78 is 0. The highest BCUT2D eigenvalue weighted by Crippen LogP contribution is 2.09. The number of amides is 5. The van der Waals surface area contributed by atoms with Crippen LogP contribution in [-0.2, 0) is 36.8 Å². The first-order valence-corrected chi connectivity index (χ1v) is 16.3. The van der Waals surface area contributed by atoms with Crippen molar-refractivity contribution in [3.05, 3.63) is 54.1 Å². The molecule has 0 aliphatic rings. The highest BCUT2D eigenvalue weighted by atomic mass is 16.2. The van der Waals surface area contributed by atoms with Crippen LogP contribution in [0.4, 0.5) is 0 Å². The molecule has 15 N–H and O–H groups in total. The van der Waals surface area contributed by atoms with E-state index >= 15 is 0 Å². The number of guanidine groups is 1. The Kier molecular flexibility index (Phi) is 17.2. The number of nitrogens with two attached hydrogens (primary N) is 5. The first kappa shape index (κ1) is 40.1. The number of primary amides is 1. The van der Waals surface area contributed by atoms with Crippen LogP contribution >= 0.6 is 0 Å². The SMILES string of the molecule is CC(C)[C@H](NC(=O)[C@H](CCCN=C(N)N)NC(=O)[C@H](N)CCCCN)C(=O)N[C@@H](Cc1cnc[nH]1)C(=O)N[C@@H](Cc1ccccc1)C(N)=O. The molecule has 5 atom stereocenters. The number of nitrogens with one attached hydrogen (secondary N) is 5. The van der Waals surface area contributed by atoms with Gasteiger partial charge in [-0.15, -0.1) is 0 Å². The molecule has 2 aromatic rings. The molecule has 0 bridgehead atoms. The van der Waals surface area contributed by atoms with Crippen molar-refractivity contribution in [3.63, 3.8) is 0 Å². The number of imidazole rings is 1. The molecule has 0 saturated heterocycles. The maximum absolute atomic E-state index is 13.7. The molecule has 0 aliphatic carbocycles. The number of carbonyl (C=O) groups excluding carboxylic acids is 5. The number of aromatic amines is 1. The van der Waals surface area contributed by atoms with E-state index in [4.69, 9.17) is 28.7 Å². The van der Waals surface area contributed by atoms with E-state index in [1.54, 1.807) is 38.1 Å². The number of nitrogens with zero attached hydrogens (tertiary/aromatic N) is 2. The Morgan fingerprint density at radius 2 is 1.45 bits per heavy atom. The first-order valence-electron chi connectivity index (χ1n) is 16.3. The molecule has 270 valence electrons. The maximum atomic E-state index is 13.7. The molecule has 0 aliphatic heterocycles. The zero-order valence-electron chi connectivity index (χ0n) is 28.2. The van der Waals surface area contributed by atoms with Crippen LogP contribution in [0.15, 0.2) is 47.8 Å². The number of aliphatic imine (C=N–C) groups is 1. The van der Waals surface area contributed by atoms with E-state index < -0.39 is 65.7 Å². The summed E-state index contributed by atoms with van der Waals surface area (Å²) in [6.07, 6.45) is 5.28. The number of hydrogen-bond donors (Lipinski definition) is 10. The Hall–Kier alpha value is -5.03. The summed E-state index contributed by atoms with van der Waals surface area (Å²) in [6.45, 7) is 4.11. The van der Waals surface area contributed by atoms with Crippen LogP contribution in [0.25, 0.3) is 0 Å². The fourth-order valence-corrected chi connectivity index (χ4v) is 4.91. The average Bonchev–Trinajstić information content (AvgIpc) is 3.57. The van der Waals surface area contributed by atoms with Crippen LogP contribution in [-0.4, -0.2) is 88.8 Å². The van der Waals surface area contributed by atoms with Gasteiger partial charge >= 0.3 is 0 Å². The molecule has 17 heteroatoms. The Balaban J connectivity index is 2.23. The van der Waals surface area contributed by atoms with Gasteiger partial charge in [0, 0.05) is 31.3 Å². The van der Waals surface area contributed by atoms with Crippen molar-refractivity contribution in [1.29, 1.82) is 0 Å². The standard InChI is InChI=1S/C32H52N12O5/c1-19(2)26(44-29(47)23(12-8-14-39-32(36)37)41-28(46)22(34)11-6-7-13-33)31(49)43-25(16-21-17-38-18-40-21)30(48)42-24(27(35)45)15-20-9-4-3-5-10-20/h3-5,9-10,17-19,22-26H,6-8,11-16,33-34H2,1-2H3,(H2,35,45)(H,38,40)(H,41,46)(H,42,48)(H,43,49)(H,44,47)(H4,36,37,39)/t22-,23+,24+,25+,26+/m1/s1. The molecule has 0 spiro atoms. The van der Waals surface area contributed by atoms with Crippen LogP contribution in [0.3, 0.4) is 0 Å². The summed E-state index contributed by atoms with van der Waals surface area (Å²) in [5.74, 6) is -3.78. The molecular weight excluding hydrogens is 632 g/mol. The average molecular weight is 685 g/mol. The Bertz CT molecular complexity index is 1370. The maximum Gasteiger partial charge on any atom is 0.243 e. The lowest BCUT2D eigenvalue weighted by Crippen LogP contribution is -2.60. The Labute approximate surface area is 286 Å². The predicted octanol–water partition coefficient (Wildman–Crippen LogP) is -2.21. The van der Waals surface area contributed by atoms with E-state index in [0.29, 0.717) is 37.9 Å². The number of carbonyl (C=O) groups is 5. The van der Waals surface area contributed by atoms with Gasteiger partial charge < -0.3 is 54.9 Å². The van der Waals surface area contributed by atoms with E-state index in [1.165, 1.54) is 12.5 Å². The predicted molar refractivity (Wildman–Crippen MR) is 185 cm³/mol. The highest BCUT2D eigenvalue weighted by Gasteiger charge is 2.33. The molecule has 1 aromatic heterocycles. The van der Waals surface area contributed by atoms with Crippen molar-refractivity contribution in [3.8, 4) is 0 Å².